The zero-order chi connectivity index (χ0) is 13.8. The molecule has 0 spiro atoms. The standard InChI is InChI=1S/C14H10BrF2NO/c15-10-3-1-9(2-4-10)8-18-14(19)12-6-5-11(16)7-13(12)17/h1-7H,8H2,(H,18,19). The van der Waals surface area contributed by atoms with Gasteiger partial charge in [-0.3, -0.25) is 4.79 Å². The largest absolute Gasteiger partial charge is 0.348 e. The van der Waals surface area contributed by atoms with Crippen molar-refractivity contribution in [1.29, 1.82) is 0 Å². The molecule has 0 saturated carbocycles. The third kappa shape index (κ3) is 3.61. The normalized spacial score (nSPS) is 10.3. The number of hydrogen-bond acceptors (Lipinski definition) is 1. The van der Waals surface area contributed by atoms with Gasteiger partial charge in [0.15, 0.2) is 0 Å². The Labute approximate surface area is 117 Å². The van der Waals surface area contributed by atoms with Crippen LogP contribution in [-0.2, 0) is 6.54 Å². The number of rotatable bonds is 3. The van der Waals surface area contributed by atoms with Crippen molar-refractivity contribution < 1.29 is 13.6 Å². The Morgan fingerprint density at radius 2 is 1.79 bits per heavy atom. The molecule has 0 aliphatic rings. The van der Waals surface area contributed by atoms with E-state index in [0.29, 0.717) is 6.07 Å². The van der Waals surface area contributed by atoms with Crippen molar-refractivity contribution in [3.8, 4) is 0 Å². The number of benzene rings is 2. The summed E-state index contributed by atoms with van der Waals surface area (Å²) in [5.74, 6) is -2.14. The van der Waals surface area contributed by atoms with E-state index in [1.807, 2.05) is 24.3 Å². The van der Waals surface area contributed by atoms with Gasteiger partial charge in [0.25, 0.3) is 5.91 Å². The van der Waals surface area contributed by atoms with E-state index in [9.17, 15) is 13.6 Å². The molecular weight excluding hydrogens is 316 g/mol. The molecule has 2 rings (SSSR count). The van der Waals surface area contributed by atoms with E-state index >= 15 is 0 Å². The molecule has 2 aromatic carbocycles. The van der Waals surface area contributed by atoms with Gasteiger partial charge in [0.05, 0.1) is 5.56 Å². The average molecular weight is 326 g/mol. The van der Waals surface area contributed by atoms with E-state index in [4.69, 9.17) is 0 Å². The van der Waals surface area contributed by atoms with Crippen LogP contribution in [-0.4, -0.2) is 5.91 Å². The lowest BCUT2D eigenvalue weighted by Gasteiger charge is -2.06. The molecule has 1 amide bonds. The number of carbonyl (C=O) groups is 1. The fourth-order valence-corrected chi connectivity index (χ4v) is 1.82. The van der Waals surface area contributed by atoms with Crippen LogP contribution in [0, 0.1) is 11.6 Å². The number of carbonyl (C=O) groups excluding carboxylic acids is 1. The summed E-state index contributed by atoms with van der Waals surface area (Å²) in [6.45, 7) is 0.281. The lowest BCUT2D eigenvalue weighted by atomic mass is 10.2. The summed E-state index contributed by atoms with van der Waals surface area (Å²) in [7, 11) is 0. The Morgan fingerprint density at radius 1 is 1.11 bits per heavy atom. The van der Waals surface area contributed by atoms with Gasteiger partial charge in [-0.25, -0.2) is 8.78 Å². The van der Waals surface area contributed by atoms with E-state index in [0.717, 1.165) is 22.2 Å². The van der Waals surface area contributed by atoms with Gasteiger partial charge in [-0.15, -0.1) is 0 Å². The van der Waals surface area contributed by atoms with Crippen LogP contribution in [0.2, 0.25) is 0 Å². The molecule has 0 atom stereocenters. The highest BCUT2D eigenvalue weighted by atomic mass is 79.9. The Balaban J connectivity index is 2.03. The molecule has 0 radical (unpaired) electrons. The van der Waals surface area contributed by atoms with Crippen LogP contribution in [0.4, 0.5) is 8.78 Å². The molecule has 0 unspecified atom stereocenters. The van der Waals surface area contributed by atoms with Crippen LogP contribution in [0.1, 0.15) is 15.9 Å². The second-order valence-electron chi connectivity index (χ2n) is 3.93. The van der Waals surface area contributed by atoms with Crippen molar-refractivity contribution >= 4 is 21.8 Å². The molecule has 98 valence electrons. The minimum absolute atomic E-state index is 0.168. The third-order valence-corrected chi connectivity index (χ3v) is 3.07. The van der Waals surface area contributed by atoms with Gasteiger partial charge in [-0.1, -0.05) is 28.1 Å². The van der Waals surface area contributed by atoms with Crippen molar-refractivity contribution in [3.63, 3.8) is 0 Å². The molecule has 19 heavy (non-hydrogen) atoms. The van der Waals surface area contributed by atoms with Crippen molar-refractivity contribution in [3.05, 3.63) is 69.7 Å². The van der Waals surface area contributed by atoms with Crippen molar-refractivity contribution in [1.82, 2.24) is 5.32 Å². The lowest BCUT2D eigenvalue weighted by molar-refractivity contribution is 0.0947. The third-order valence-electron chi connectivity index (χ3n) is 2.54. The first-order valence-electron chi connectivity index (χ1n) is 5.54. The maximum atomic E-state index is 13.4. The second kappa shape index (κ2) is 5.93. The zero-order valence-corrected chi connectivity index (χ0v) is 11.4. The van der Waals surface area contributed by atoms with Crippen LogP contribution in [0.15, 0.2) is 46.9 Å². The fourth-order valence-electron chi connectivity index (χ4n) is 1.55. The van der Waals surface area contributed by atoms with E-state index < -0.39 is 17.5 Å². The predicted molar refractivity (Wildman–Crippen MR) is 71.7 cm³/mol. The highest BCUT2D eigenvalue weighted by molar-refractivity contribution is 9.10. The topological polar surface area (TPSA) is 29.1 Å². The van der Waals surface area contributed by atoms with Crippen LogP contribution < -0.4 is 5.32 Å². The summed E-state index contributed by atoms with van der Waals surface area (Å²) < 4.78 is 27.0. The van der Waals surface area contributed by atoms with Crippen LogP contribution in [0.3, 0.4) is 0 Å². The van der Waals surface area contributed by atoms with Gasteiger partial charge in [0.1, 0.15) is 11.6 Å². The van der Waals surface area contributed by atoms with Gasteiger partial charge in [0.2, 0.25) is 0 Å². The minimum Gasteiger partial charge on any atom is -0.348 e. The Kier molecular flexibility index (Phi) is 4.27. The summed E-state index contributed by atoms with van der Waals surface area (Å²) in [4.78, 5) is 11.7. The van der Waals surface area contributed by atoms with Crippen LogP contribution >= 0.6 is 15.9 Å². The smallest absolute Gasteiger partial charge is 0.254 e. The monoisotopic (exact) mass is 325 g/mol. The highest BCUT2D eigenvalue weighted by Gasteiger charge is 2.11. The quantitative estimate of drug-likeness (QED) is 0.916. The van der Waals surface area contributed by atoms with Crippen molar-refractivity contribution in [2.24, 2.45) is 0 Å². The summed E-state index contributed by atoms with van der Waals surface area (Å²) in [6.07, 6.45) is 0. The Morgan fingerprint density at radius 3 is 2.42 bits per heavy atom. The molecule has 0 aliphatic heterocycles. The second-order valence-corrected chi connectivity index (χ2v) is 4.85. The van der Waals surface area contributed by atoms with Gasteiger partial charge in [-0.05, 0) is 29.8 Å². The Bertz CT molecular complexity index is 599. The molecule has 2 aromatic rings. The number of amides is 1. The predicted octanol–water partition coefficient (Wildman–Crippen LogP) is 3.66. The molecule has 2 nitrogen and oxygen atoms in total. The molecule has 0 aromatic heterocycles. The van der Waals surface area contributed by atoms with Crippen molar-refractivity contribution in [2.75, 3.05) is 0 Å². The minimum atomic E-state index is -0.867. The zero-order valence-electron chi connectivity index (χ0n) is 9.79. The van der Waals surface area contributed by atoms with Gasteiger partial charge in [-0.2, -0.15) is 0 Å². The number of nitrogens with one attached hydrogen (secondary N) is 1. The first kappa shape index (κ1) is 13.7. The Hall–Kier alpha value is -1.75. The molecule has 1 N–H and O–H groups in total. The van der Waals surface area contributed by atoms with E-state index in [2.05, 4.69) is 21.2 Å². The number of hydrogen-bond donors (Lipinski definition) is 1. The van der Waals surface area contributed by atoms with Crippen molar-refractivity contribution in [2.45, 2.75) is 6.54 Å². The maximum absolute atomic E-state index is 13.4. The first-order chi connectivity index (χ1) is 9.06. The van der Waals surface area contributed by atoms with E-state index in [-0.39, 0.29) is 12.1 Å². The van der Waals surface area contributed by atoms with Gasteiger partial charge in [0, 0.05) is 17.1 Å². The molecular formula is C14H10BrF2NO. The van der Waals surface area contributed by atoms with Gasteiger partial charge >= 0.3 is 0 Å². The van der Waals surface area contributed by atoms with E-state index in [1.165, 1.54) is 0 Å². The molecule has 5 heteroatoms. The SMILES string of the molecule is O=C(NCc1ccc(Br)cc1)c1ccc(F)cc1F. The number of halogens is 3. The fraction of sp³-hybridized carbons (Fsp3) is 0.0714. The molecule has 0 fully saturated rings. The van der Waals surface area contributed by atoms with Crippen LogP contribution in [0.25, 0.3) is 0 Å². The van der Waals surface area contributed by atoms with E-state index in [1.54, 1.807) is 0 Å². The summed E-state index contributed by atoms with van der Waals surface area (Å²) >= 11 is 3.31. The average Bonchev–Trinajstić information content (AvgIpc) is 2.37. The summed E-state index contributed by atoms with van der Waals surface area (Å²) in [5, 5.41) is 2.58. The lowest BCUT2D eigenvalue weighted by Crippen LogP contribution is -2.23. The summed E-state index contributed by atoms with van der Waals surface area (Å²) in [5.41, 5.74) is 0.720. The molecule has 0 bridgehead atoms. The highest BCUT2D eigenvalue weighted by Crippen LogP contribution is 2.12. The maximum Gasteiger partial charge on any atom is 0.254 e. The first-order valence-corrected chi connectivity index (χ1v) is 6.33. The van der Waals surface area contributed by atoms with Crippen LogP contribution in [0.5, 0.6) is 0 Å². The summed E-state index contributed by atoms with van der Waals surface area (Å²) in [6, 6.07) is 10.2. The molecule has 0 saturated heterocycles. The molecule has 0 heterocycles. The van der Waals surface area contributed by atoms with Gasteiger partial charge < -0.3 is 5.32 Å². The molecule has 0 aliphatic carbocycles.